The lowest BCUT2D eigenvalue weighted by atomic mass is 10.0. The van der Waals surface area contributed by atoms with Gasteiger partial charge in [0.2, 0.25) is 0 Å². The molecule has 0 aliphatic rings. The van der Waals surface area contributed by atoms with Crippen molar-refractivity contribution < 1.29 is 9.90 Å². The van der Waals surface area contributed by atoms with Gasteiger partial charge in [-0.3, -0.25) is 0 Å². The Morgan fingerprint density at radius 1 is 1.06 bits per heavy atom. The van der Waals surface area contributed by atoms with Crippen LogP contribution in [-0.4, -0.2) is 5.97 Å². The molecule has 18 heavy (non-hydrogen) atoms. The minimum atomic E-state index is -1.20. The first kappa shape index (κ1) is 11.9. The Hall–Kier alpha value is -2.55. The highest BCUT2D eigenvalue weighted by Gasteiger charge is 1.98. The molecule has 0 aliphatic carbocycles. The summed E-state index contributed by atoms with van der Waals surface area (Å²) in [5.41, 5.74) is 9.22. The van der Waals surface area contributed by atoms with Crippen LogP contribution in [0.15, 0.2) is 54.6 Å². The zero-order chi connectivity index (χ0) is 13.0. The number of anilines is 1. The van der Waals surface area contributed by atoms with Crippen LogP contribution in [0.5, 0.6) is 0 Å². The number of carbonyl (C=O) groups excluding carboxylic acids is 1. The first-order chi connectivity index (χ1) is 8.65. The standard InChI is InChI=1S/C15H13NO2/c16-14-6-2-5-13(10-14)12-4-1-3-11(9-12)7-8-15(17)18/h1-10H,16H2,(H,17,18)/p-1/b8-7+. The summed E-state index contributed by atoms with van der Waals surface area (Å²) < 4.78 is 0. The van der Waals surface area contributed by atoms with Crippen molar-refractivity contribution in [3.63, 3.8) is 0 Å². The summed E-state index contributed by atoms with van der Waals surface area (Å²) in [6, 6.07) is 15.1. The first-order valence-electron chi connectivity index (χ1n) is 5.50. The summed E-state index contributed by atoms with van der Waals surface area (Å²) in [6.07, 6.45) is 2.52. The number of rotatable bonds is 3. The lowest BCUT2D eigenvalue weighted by Crippen LogP contribution is -2.18. The molecule has 2 aromatic rings. The van der Waals surface area contributed by atoms with E-state index in [-0.39, 0.29) is 0 Å². The van der Waals surface area contributed by atoms with E-state index in [1.54, 1.807) is 0 Å². The smallest absolute Gasteiger partial charge is 0.0643 e. The van der Waals surface area contributed by atoms with Gasteiger partial charge >= 0.3 is 0 Å². The monoisotopic (exact) mass is 238 g/mol. The van der Waals surface area contributed by atoms with E-state index in [1.165, 1.54) is 6.08 Å². The molecule has 0 saturated carbocycles. The van der Waals surface area contributed by atoms with Crippen LogP contribution < -0.4 is 10.8 Å². The molecule has 2 aromatic carbocycles. The molecule has 0 heterocycles. The molecule has 0 fully saturated rings. The summed E-state index contributed by atoms with van der Waals surface area (Å²) in [6.45, 7) is 0. The largest absolute Gasteiger partial charge is 0.545 e. The van der Waals surface area contributed by atoms with Gasteiger partial charge in [0.1, 0.15) is 0 Å². The second kappa shape index (κ2) is 5.19. The SMILES string of the molecule is Nc1cccc(-c2cccc(/C=C/C(=O)[O-])c2)c1. The highest BCUT2D eigenvalue weighted by Crippen LogP contribution is 2.22. The van der Waals surface area contributed by atoms with Crippen molar-refractivity contribution in [3.8, 4) is 11.1 Å². The van der Waals surface area contributed by atoms with Gasteiger partial charge in [-0.1, -0.05) is 36.4 Å². The number of carboxylic acids is 1. The van der Waals surface area contributed by atoms with E-state index in [9.17, 15) is 9.90 Å². The molecule has 2 N–H and O–H groups in total. The van der Waals surface area contributed by atoms with Crippen molar-refractivity contribution in [2.45, 2.75) is 0 Å². The summed E-state index contributed by atoms with van der Waals surface area (Å²) in [5, 5.41) is 10.4. The van der Waals surface area contributed by atoms with E-state index in [2.05, 4.69) is 0 Å². The van der Waals surface area contributed by atoms with E-state index in [4.69, 9.17) is 5.73 Å². The molecular weight excluding hydrogens is 226 g/mol. The van der Waals surface area contributed by atoms with Gasteiger partial charge in [0.25, 0.3) is 0 Å². The fraction of sp³-hybridized carbons (Fsp3) is 0. The highest BCUT2D eigenvalue weighted by molar-refractivity contribution is 5.84. The first-order valence-corrected chi connectivity index (χ1v) is 5.50. The number of nitrogens with two attached hydrogens (primary N) is 1. The van der Waals surface area contributed by atoms with Gasteiger partial charge in [0.15, 0.2) is 0 Å². The molecule has 0 saturated heterocycles. The zero-order valence-electron chi connectivity index (χ0n) is 9.67. The topological polar surface area (TPSA) is 66.2 Å². The minimum Gasteiger partial charge on any atom is -0.545 e. The van der Waals surface area contributed by atoms with Crippen molar-refractivity contribution >= 4 is 17.7 Å². The predicted octanol–water partition coefficient (Wildman–Crippen LogP) is 1.70. The average Bonchev–Trinajstić information content (AvgIpc) is 2.37. The van der Waals surface area contributed by atoms with Crippen molar-refractivity contribution in [2.24, 2.45) is 0 Å². The quantitative estimate of drug-likeness (QED) is 0.653. The fourth-order valence-electron chi connectivity index (χ4n) is 1.70. The van der Waals surface area contributed by atoms with Crippen LogP contribution in [-0.2, 0) is 4.79 Å². The summed E-state index contributed by atoms with van der Waals surface area (Å²) >= 11 is 0. The number of benzene rings is 2. The van der Waals surface area contributed by atoms with Gasteiger partial charge in [-0.25, -0.2) is 0 Å². The minimum absolute atomic E-state index is 0.697. The average molecular weight is 238 g/mol. The molecule has 90 valence electrons. The number of hydrogen-bond acceptors (Lipinski definition) is 3. The van der Waals surface area contributed by atoms with Gasteiger partial charge < -0.3 is 15.6 Å². The van der Waals surface area contributed by atoms with Crippen molar-refractivity contribution in [1.82, 2.24) is 0 Å². The molecule has 0 spiro atoms. The predicted molar refractivity (Wildman–Crippen MR) is 70.3 cm³/mol. The molecule has 0 bridgehead atoms. The maximum atomic E-state index is 10.4. The lowest BCUT2D eigenvalue weighted by molar-refractivity contribution is -0.297. The molecule has 0 aromatic heterocycles. The maximum absolute atomic E-state index is 10.4. The van der Waals surface area contributed by atoms with E-state index < -0.39 is 5.97 Å². The van der Waals surface area contributed by atoms with Gasteiger partial charge in [0.05, 0.1) is 5.97 Å². The summed E-state index contributed by atoms with van der Waals surface area (Å²) in [4.78, 5) is 10.4. The summed E-state index contributed by atoms with van der Waals surface area (Å²) in [5.74, 6) is -1.20. The molecule has 2 rings (SSSR count). The maximum Gasteiger partial charge on any atom is 0.0643 e. The van der Waals surface area contributed by atoms with Crippen LogP contribution in [0.2, 0.25) is 0 Å². The zero-order valence-corrected chi connectivity index (χ0v) is 9.67. The van der Waals surface area contributed by atoms with Crippen molar-refractivity contribution in [2.75, 3.05) is 5.73 Å². The number of nitrogen functional groups attached to an aromatic ring is 1. The van der Waals surface area contributed by atoms with E-state index in [1.807, 2.05) is 48.5 Å². The van der Waals surface area contributed by atoms with Crippen molar-refractivity contribution in [3.05, 3.63) is 60.2 Å². The number of carbonyl (C=O) groups is 1. The molecule has 0 aliphatic heterocycles. The molecule has 0 radical (unpaired) electrons. The van der Waals surface area contributed by atoms with Gasteiger partial charge in [0, 0.05) is 5.69 Å². The molecular formula is C15H12NO2-. The Bertz CT molecular complexity index is 603. The Labute approximate surface area is 105 Å². The molecule has 0 unspecified atom stereocenters. The second-order valence-corrected chi connectivity index (χ2v) is 3.90. The van der Waals surface area contributed by atoms with Crippen LogP contribution in [0.25, 0.3) is 17.2 Å². The Kier molecular flexibility index (Phi) is 3.44. The Balaban J connectivity index is 2.35. The van der Waals surface area contributed by atoms with E-state index in [0.717, 1.165) is 22.8 Å². The molecule has 0 amide bonds. The second-order valence-electron chi connectivity index (χ2n) is 3.90. The Morgan fingerprint density at radius 2 is 1.72 bits per heavy atom. The third-order valence-corrected chi connectivity index (χ3v) is 2.52. The summed E-state index contributed by atoms with van der Waals surface area (Å²) in [7, 11) is 0. The van der Waals surface area contributed by atoms with Crippen LogP contribution in [0, 0.1) is 0 Å². The van der Waals surface area contributed by atoms with Crippen LogP contribution >= 0.6 is 0 Å². The number of aliphatic carboxylic acids is 1. The third-order valence-electron chi connectivity index (χ3n) is 2.52. The number of carboxylic acid groups (broad SMARTS) is 1. The van der Waals surface area contributed by atoms with Crippen LogP contribution in [0.4, 0.5) is 5.69 Å². The van der Waals surface area contributed by atoms with E-state index >= 15 is 0 Å². The highest BCUT2D eigenvalue weighted by atomic mass is 16.4. The molecule has 0 atom stereocenters. The van der Waals surface area contributed by atoms with Crippen LogP contribution in [0.1, 0.15) is 5.56 Å². The Morgan fingerprint density at radius 3 is 2.39 bits per heavy atom. The van der Waals surface area contributed by atoms with Gasteiger partial charge in [-0.2, -0.15) is 0 Å². The van der Waals surface area contributed by atoms with Gasteiger partial charge in [-0.05, 0) is 41.0 Å². The lowest BCUT2D eigenvalue weighted by Gasteiger charge is -2.04. The van der Waals surface area contributed by atoms with Gasteiger partial charge in [-0.15, -0.1) is 0 Å². The third kappa shape index (κ3) is 2.98. The van der Waals surface area contributed by atoms with E-state index in [0.29, 0.717) is 5.69 Å². The van der Waals surface area contributed by atoms with Crippen LogP contribution in [0.3, 0.4) is 0 Å². The molecule has 3 heteroatoms. The number of hydrogen-bond donors (Lipinski definition) is 1. The fourth-order valence-corrected chi connectivity index (χ4v) is 1.70. The van der Waals surface area contributed by atoms with Crippen molar-refractivity contribution in [1.29, 1.82) is 0 Å². The molecule has 3 nitrogen and oxygen atoms in total. The normalized spacial score (nSPS) is 10.7.